The van der Waals surface area contributed by atoms with Crippen molar-refractivity contribution >= 4 is 12.3 Å². The lowest BCUT2D eigenvalue weighted by Gasteiger charge is -2.14. The zero-order valence-corrected chi connectivity index (χ0v) is 21.7. The molecule has 6 rings (SSSR count). The van der Waals surface area contributed by atoms with Crippen LogP contribution in [-0.4, -0.2) is 21.7 Å². The first-order chi connectivity index (χ1) is 19.5. The van der Waals surface area contributed by atoms with E-state index in [1.54, 1.807) is 24.4 Å². The molecule has 1 aromatic heterocycles. The summed E-state index contributed by atoms with van der Waals surface area (Å²) in [6, 6.07) is 29.3. The topological polar surface area (TPSA) is 51.0 Å². The first-order valence-electron chi connectivity index (χ1n) is 12.8. The standard InChI is InChI=1S/C34H24F2N4/c1-3-10-26(21-37-2)24-15-17-27-28-18-16-25(20-30(28)34(35,36)29(27)19-24)33-39-31(22-11-6-4-7-12-22)38-32(40-33)23-13-8-5-9-14-23/h3-21H,2H2,1H3/b10-3-,26-21+. The van der Waals surface area contributed by atoms with Crippen LogP contribution in [0, 0.1) is 0 Å². The summed E-state index contributed by atoms with van der Waals surface area (Å²) in [5.41, 5.74) is 4.37. The molecule has 0 amide bonds. The highest BCUT2D eigenvalue weighted by Crippen LogP contribution is 2.52. The fraction of sp³-hybridized carbons (Fsp3) is 0.0588. The number of aromatic nitrogens is 3. The maximum Gasteiger partial charge on any atom is 0.299 e. The SMILES string of the molecule is C=N/C=C(\C=C/C)c1ccc2c(c1)C(F)(F)c1cc(-c3nc(-c4ccccc4)nc(-c4ccccc4)n3)ccc1-2. The quantitative estimate of drug-likeness (QED) is 0.164. The molecule has 0 unspecified atom stereocenters. The van der Waals surface area contributed by atoms with Crippen molar-refractivity contribution in [3.63, 3.8) is 0 Å². The fourth-order valence-corrected chi connectivity index (χ4v) is 4.97. The van der Waals surface area contributed by atoms with Gasteiger partial charge in [0, 0.05) is 34.0 Å². The van der Waals surface area contributed by atoms with E-state index < -0.39 is 5.92 Å². The summed E-state index contributed by atoms with van der Waals surface area (Å²) in [5, 5.41) is 0. The highest BCUT2D eigenvalue weighted by Gasteiger charge is 2.44. The van der Waals surface area contributed by atoms with Crippen molar-refractivity contribution in [1.29, 1.82) is 0 Å². The minimum absolute atomic E-state index is 0.0396. The molecule has 194 valence electrons. The number of halogens is 2. The number of hydrogen-bond acceptors (Lipinski definition) is 4. The lowest BCUT2D eigenvalue weighted by Crippen LogP contribution is -2.11. The molecule has 40 heavy (non-hydrogen) atoms. The van der Waals surface area contributed by atoms with E-state index in [4.69, 9.17) is 15.0 Å². The van der Waals surface area contributed by atoms with Gasteiger partial charge < -0.3 is 0 Å². The molecule has 0 radical (unpaired) electrons. The van der Waals surface area contributed by atoms with Crippen LogP contribution in [0.15, 0.2) is 120 Å². The molecule has 0 bridgehead atoms. The third kappa shape index (κ3) is 4.43. The largest absolute Gasteiger partial charge is 0.299 e. The lowest BCUT2D eigenvalue weighted by molar-refractivity contribution is 0.0480. The Hall–Kier alpha value is -5.10. The average Bonchev–Trinajstić information content (AvgIpc) is 3.23. The van der Waals surface area contributed by atoms with Gasteiger partial charge in [-0.2, -0.15) is 8.78 Å². The summed E-state index contributed by atoms with van der Waals surface area (Å²) in [6.07, 6.45) is 5.23. The van der Waals surface area contributed by atoms with Crippen LogP contribution in [0.25, 0.3) is 50.9 Å². The Morgan fingerprint density at radius 3 is 1.77 bits per heavy atom. The lowest BCUT2D eigenvalue weighted by atomic mass is 9.98. The van der Waals surface area contributed by atoms with Crippen LogP contribution in [0.4, 0.5) is 8.78 Å². The van der Waals surface area contributed by atoms with Crippen molar-refractivity contribution in [2.24, 2.45) is 4.99 Å². The monoisotopic (exact) mass is 526 g/mol. The maximum absolute atomic E-state index is 16.0. The van der Waals surface area contributed by atoms with E-state index in [0.29, 0.717) is 45.3 Å². The molecule has 1 heterocycles. The smallest absolute Gasteiger partial charge is 0.272 e. The van der Waals surface area contributed by atoms with E-state index in [1.807, 2.05) is 85.8 Å². The molecule has 4 nitrogen and oxygen atoms in total. The number of nitrogens with zero attached hydrogens (tertiary/aromatic N) is 4. The molecule has 0 spiro atoms. The summed E-state index contributed by atoms with van der Waals surface area (Å²) in [4.78, 5) is 17.9. The van der Waals surface area contributed by atoms with Crippen molar-refractivity contribution < 1.29 is 8.78 Å². The van der Waals surface area contributed by atoms with Crippen molar-refractivity contribution in [1.82, 2.24) is 15.0 Å². The summed E-state index contributed by atoms with van der Waals surface area (Å²) in [7, 11) is 0. The predicted molar refractivity (Wildman–Crippen MR) is 157 cm³/mol. The summed E-state index contributed by atoms with van der Waals surface area (Å²) in [5.74, 6) is -1.91. The third-order valence-electron chi connectivity index (χ3n) is 6.87. The van der Waals surface area contributed by atoms with Gasteiger partial charge in [0.1, 0.15) is 0 Å². The van der Waals surface area contributed by atoms with Crippen LogP contribution in [0.1, 0.15) is 23.6 Å². The summed E-state index contributed by atoms with van der Waals surface area (Å²) in [6.45, 7) is 5.37. The third-order valence-corrected chi connectivity index (χ3v) is 6.87. The molecule has 0 N–H and O–H groups in total. The van der Waals surface area contributed by atoms with Crippen LogP contribution in [0.5, 0.6) is 0 Å². The molecule has 6 heteroatoms. The predicted octanol–water partition coefficient (Wildman–Crippen LogP) is 8.61. The maximum atomic E-state index is 16.0. The molecular formula is C34H24F2N4. The van der Waals surface area contributed by atoms with Crippen LogP contribution in [0.2, 0.25) is 0 Å². The first kappa shape index (κ1) is 25.2. The molecule has 0 aliphatic heterocycles. The van der Waals surface area contributed by atoms with E-state index in [1.165, 1.54) is 12.1 Å². The zero-order valence-electron chi connectivity index (χ0n) is 21.7. The van der Waals surface area contributed by atoms with Crippen molar-refractivity contribution in [2.75, 3.05) is 0 Å². The van der Waals surface area contributed by atoms with Crippen LogP contribution >= 0.6 is 0 Å². The molecule has 0 fully saturated rings. The normalized spacial score (nSPS) is 13.7. The van der Waals surface area contributed by atoms with Gasteiger partial charge in [0.2, 0.25) is 0 Å². The second-order valence-corrected chi connectivity index (χ2v) is 9.40. The Morgan fingerprint density at radius 2 is 1.23 bits per heavy atom. The minimum Gasteiger partial charge on any atom is -0.272 e. The van der Waals surface area contributed by atoms with Gasteiger partial charge in [0.15, 0.2) is 17.5 Å². The van der Waals surface area contributed by atoms with E-state index in [9.17, 15) is 0 Å². The number of fused-ring (bicyclic) bond motifs is 3. The van der Waals surface area contributed by atoms with Crippen molar-refractivity contribution in [2.45, 2.75) is 12.8 Å². The van der Waals surface area contributed by atoms with Crippen molar-refractivity contribution in [3.05, 3.63) is 132 Å². The highest BCUT2D eigenvalue weighted by atomic mass is 19.3. The van der Waals surface area contributed by atoms with Gasteiger partial charge >= 0.3 is 0 Å². The van der Waals surface area contributed by atoms with E-state index in [2.05, 4.69) is 11.7 Å². The number of alkyl halides is 2. The molecule has 0 atom stereocenters. The summed E-state index contributed by atoms with van der Waals surface area (Å²) >= 11 is 0. The number of hydrogen-bond donors (Lipinski definition) is 0. The molecular weight excluding hydrogens is 502 g/mol. The van der Waals surface area contributed by atoms with Gasteiger partial charge in [0.05, 0.1) is 0 Å². The van der Waals surface area contributed by atoms with E-state index >= 15 is 8.78 Å². The minimum atomic E-state index is -3.20. The second kappa shape index (κ2) is 10.2. The van der Waals surface area contributed by atoms with E-state index in [0.717, 1.165) is 11.1 Å². The average molecular weight is 527 g/mol. The first-order valence-corrected chi connectivity index (χ1v) is 12.8. The van der Waals surface area contributed by atoms with Crippen LogP contribution < -0.4 is 0 Å². The Morgan fingerprint density at radius 1 is 0.700 bits per heavy atom. The molecule has 1 aliphatic carbocycles. The Bertz CT molecular complexity index is 1730. The van der Waals surface area contributed by atoms with Gasteiger partial charge in [-0.1, -0.05) is 97.1 Å². The van der Waals surface area contributed by atoms with Gasteiger partial charge in [-0.25, -0.2) is 15.0 Å². The Labute approximate surface area is 231 Å². The van der Waals surface area contributed by atoms with Gasteiger partial charge in [0.25, 0.3) is 5.92 Å². The number of aliphatic imine (C=N–C) groups is 1. The zero-order chi connectivity index (χ0) is 27.7. The van der Waals surface area contributed by atoms with E-state index in [-0.39, 0.29) is 11.1 Å². The molecule has 5 aromatic rings. The highest BCUT2D eigenvalue weighted by molar-refractivity contribution is 5.85. The van der Waals surface area contributed by atoms with Crippen LogP contribution in [-0.2, 0) is 5.92 Å². The number of benzene rings is 4. The fourth-order valence-electron chi connectivity index (χ4n) is 4.97. The number of rotatable bonds is 6. The Kier molecular flexibility index (Phi) is 6.44. The van der Waals surface area contributed by atoms with Crippen LogP contribution in [0.3, 0.4) is 0 Å². The second-order valence-electron chi connectivity index (χ2n) is 9.40. The molecule has 0 saturated carbocycles. The molecule has 0 saturated heterocycles. The van der Waals surface area contributed by atoms with Gasteiger partial charge in [-0.15, -0.1) is 0 Å². The van der Waals surface area contributed by atoms with Gasteiger partial charge in [-0.3, -0.25) is 4.99 Å². The van der Waals surface area contributed by atoms with Gasteiger partial charge in [-0.05, 0) is 48.0 Å². The molecule has 1 aliphatic rings. The Balaban J connectivity index is 1.48. The van der Waals surface area contributed by atoms with Crippen molar-refractivity contribution in [3.8, 4) is 45.3 Å². The summed E-state index contributed by atoms with van der Waals surface area (Å²) < 4.78 is 32.0. The molecule has 4 aromatic carbocycles. The number of allylic oxidation sites excluding steroid dienone is 3.